The number of aryl methyl sites for hydroxylation is 1. The van der Waals surface area contributed by atoms with Gasteiger partial charge >= 0.3 is 0 Å². The summed E-state index contributed by atoms with van der Waals surface area (Å²) in [6.45, 7) is 4.59. The van der Waals surface area contributed by atoms with E-state index in [0.717, 1.165) is 5.56 Å². The van der Waals surface area contributed by atoms with Crippen molar-refractivity contribution in [2.45, 2.75) is 19.9 Å². The Bertz CT molecular complexity index is 585. The van der Waals surface area contributed by atoms with Crippen LogP contribution in [-0.4, -0.2) is 6.54 Å². The maximum absolute atomic E-state index is 14.2. The van der Waals surface area contributed by atoms with E-state index in [2.05, 4.69) is 21.2 Å². The van der Waals surface area contributed by atoms with Crippen molar-refractivity contribution in [3.8, 4) is 0 Å². The number of halogens is 3. The van der Waals surface area contributed by atoms with Gasteiger partial charge in [0.1, 0.15) is 11.6 Å². The molecule has 1 atom stereocenters. The zero-order valence-electron chi connectivity index (χ0n) is 10.6. The fraction of sp³-hybridized carbons (Fsp3) is 0.286. The Hall–Kier alpha value is -0.840. The van der Waals surface area contributed by atoms with Gasteiger partial charge in [0.15, 0.2) is 0 Å². The number of furan rings is 1. The fourth-order valence-electron chi connectivity index (χ4n) is 1.99. The Labute approximate surface area is 125 Å². The van der Waals surface area contributed by atoms with Crippen LogP contribution in [0.5, 0.6) is 0 Å². The van der Waals surface area contributed by atoms with E-state index in [9.17, 15) is 4.39 Å². The molecule has 1 aromatic heterocycles. The second-order valence-corrected chi connectivity index (χ2v) is 5.51. The Balaban J connectivity index is 2.51. The van der Waals surface area contributed by atoms with Gasteiger partial charge in [0.2, 0.25) is 0 Å². The summed E-state index contributed by atoms with van der Waals surface area (Å²) < 4.78 is 20.2. The smallest absolute Gasteiger partial charge is 0.129 e. The Morgan fingerprint density at radius 2 is 2.21 bits per heavy atom. The zero-order chi connectivity index (χ0) is 14.0. The van der Waals surface area contributed by atoms with Crippen LogP contribution in [-0.2, 0) is 0 Å². The molecule has 2 nitrogen and oxygen atoms in total. The van der Waals surface area contributed by atoms with Crippen molar-refractivity contribution >= 4 is 27.5 Å². The molecule has 0 spiro atoms. The number of rotatable bonds is 4. The van der Waals surface area contributed by atoms with Gasteiger partial charge in [-0.2, -0.15) is 0 Å². The molecule has 19 heavy (non-hydrogen) atoms. The summed E-state index contributed by atoms with van der Waals surface area (Å²) in [5, 5.41) is 3.70. The zero-order valence-corrected chi connectivity index (χ0v) is 13.0. The summed E-state index contributed by atoms with van der Waals surface area (Å²) in [4.78, 5) is 0. The van der Waals surface area contributed by atoms with E-state index in [-0.39, 0.29) is 11.9 Å². The molecule has 0 aliphatic heterocycles. The van der Waals surface area contributed by atoms with Gasteiger partial charge in [-0.1, -0.05) is 18.5 Å². The highest BCUT2D eigenvalue weighted by Gasteiger charge is 2.22. The first kappa shape index (κ1) is 14.6. The van der Waals surface area contributed by atoms with Crippen LogP contribution in [0.1, 0.15) is 29.9 Å². The summed E-state index contributed by atoms with van der Waals surface area (Å²) in [6.07, 6.45) is 1.60. The third kappa shape index (κ3) is 3.02. The maximum Gasteiger partial charge on any atom is 0.129 e. The van der Waals surface area contributed by atoms with Crippen LogP contribution in [0.15, 0.2) is 33.4 Å². The first-order chi connectivity index (χ1) is 9.04. The van der Waals surface area contributed by atoms with E-state index in [1.165, 1.54) is 6.07 Å². The number of nitrogens with one attached hydrogen (secondary N) is 1. The van der Waals surface area contributed by atoms with Crippen molar-refractivity contribution in [1.82, 2.24) is 5.32 Å². The number of benzene rings is 1. The van der Waals surface area contributed by atoms with Gasteiger partial charge in [-0.05, 0) is 53.2 Å². The topological polar surface area (TPSA) is 25.2 Å². The van der Waals surface area contributed by atoms with Crippen molar-refractivity contribution in [2.75, 3.05) is 6.54 Å². The molecular weight excluding hydrogens is 333 g/mol. The molecule has 2 rings (SSSR count). The Kier molecular flexibility index (Phi) is 4.66. The lowest BCUT2D eigenvalue weighted by Gasteiger charge is -2.18. The Morgan fingerprint density at radius 3 is 2.79 bits per heavy atom. The molecule has 2 aromatic rings. The third-order valence-electron chi connectivity index (χ3n) is 2.92. The fourth-order valence-corrected chi connectivity index (χ4v) is 2.47. The lowest BCUT2D eigenvalue weighted by atomic mass is 10.0. The lowest BCUT2D eigenvalue weighted by Crippen LogP contribution is -2.23. The average molecular weight is 347 g/mol. The first-order valence-corrected chi connectivity index (χ1v) is 7.13. The van der Waals surface area contributed by atoms with Gasteiger partial charge in [-0.3, -0.25) is 0 Å². The van der Waals surface area contributed by atoms with Crippen LogP contribution in [0, 0.1) is 12.7 Å². The van der Waals surface area contributed by atoms with Gasteiger partial charge in [0.05, 0.1) is 17.3 Å². The van der Waals surface area contributed by atoms with Gasteiger partial charge in [-0.15, -0.1) is 0 Å². The van der Waals surface area contributed by atoms with Gasteiger partial charge < -0.3 is 9.73 Å². The van der Waals surface area contributed by atoms with Crippen LogP contribution in [0.3, 0.4) is 0 Å². The average Bonchev–Trinajstić information content (AvgIpc) is 2.77. The van der Waals surface area contributed by atoms with Crippen molar-refractivity contribution in [1.29, 1.82) is 0 Å². The van der Waals surface area contributed by atoms with Crippen LogP contribution < -0.4 is 5.32 Å². The van der Waals surface area contributed by atoms with Crippen molar-refractivity contribution in [3.63, 3.8) is 0 Å². The maximum atomic E-state index is 14.2. The highest BCUT2D eigenvalue weighted by molar-refractivity contribution is 9.10. The first-order valence-electron chi connectivity index (χ1n) is 5.96. The van der Waals surface area contributed by atoms with E-state index in [0.29, 0.717) is 27.4 Å². The largest absolute Gasteiger partial charge is 0.467 e. The molecule has 5 heteroatoms. The summed E-state index contributed by atoms with van der Waals surface area (Å²) in [7, 11) is 0. The molecule has 0 saturated heterocycles. The molecule has 0 aliphatic rings. The summed E-state index contributed by atoms with van der Waals surface area (Å²) in [5.41, 5.74) is 1.46. The van der Waals surface area contributed by atoms with E-state index >= 15 is 0 Å². The molecule has 0 fully saturated rings. The van der Waals surface area contributed by atoms with E-state index in [4.69, 9.17) is 16.0 Å². The summed E-state index contributed by atoms with van der Waals surface area (Å²) in [5.74, 6) is 0.386. The molecular formula is C14H14BrClFNO. The van der Waals surface area contributed by atoms with Crippen LogP contribution in [0.25, 0.3) is 0 Å². The van der Waals surface area contributed by atoms with E-state index in [1.807, 2.05) is 19.9 Å². The molecule has 0 amide bonds. The second-order valence-electron chi connectivity index (χ2n) is 4.25. The van der Waals surface area contributed by atoms with Crippen molar-refractivity contribution in [2.24, 2.45) is 0 Å². The third-order valence-corrected chi connectivity index (χ3v) is 4.12. The molecule has 1 N–H and O–H groups in total. The molecule has 1 aromatic carbocycles. The molecule has 0 radical (unpaired) electrons. The SMILES string of the molecule is CCNC(c1cc(Cl)c(Br)cc1F)c1occc1C. The van der Waals surface area contributed by atoms with Crippen molar-refractivity contribution < 1.29 is 8.81 Å². The van der Waals surface area contributed by atoms with Crippen LogP contribution in [0.2, 0.25) is 5.02 Å². The van der Waals surface area contributed by atoms with Gasteiger partial charge in [-0.25, -0.2) is 4.39 Å². The minimum atomic E-state index is -0.342. The van der Waals surface area contributed by atoms with Gasteiger partial charge in [0, 0.05) is 10.0 Å². The molecule has 1 heterocycles. The number of hydrogen-bond donors (Lipinski definition) is 1. The van der Waals surface area contributed by atoms with E-state index < -0.39 is 0 Å². The molecule has 0 aliphatic carbocycles. The monoisotopic (exact) mass is 345 g/mol. The minimum Gasteiger partial charge on any atom is -0.467 e. The molecule has 1 unspecified atom stereocenters. The van der Waals surface area contributed by atoms with Crippen LogP contribution >= 0.6 is 27.5 Å². The molecule has 102 valence electrons. The predicted molar refractivity (Wildman–Crippen MR) is 78.1 cm³/mol. The van der Waals surface area contributed by atoms with E-state index in [1.54, 1.807) is 12.3 Å². The highest BCUT2D eigenvalue weighted by Crippen LogP contribution is 2.33. The Morgan fingerprint density at radius 1 is 1.47 bits per heavy atom. The van der Waals surface area contributed by atoms with Gasteiger partial charge in [0.25, 0.3) is 0 Å². The standard InChI is InChI=1S/C14H14BrClFNO/c1-3-18-13(14-8(2)4-5-19-14)9-6-11(16)10(15)7-12(9)17/h4-7,13,18H,3H2,1-2H3. The normalized spacial score (nSPS) is 12.7. The van der Waals surface area contributed by atoms with Crippen LogP contribution in [0.4, 0.5) is 4.39 Å². The summed E-state index contributed by atoms with van der Waals surface area (Å²) >= 11 is 9.28. The number of hydrogen-bond acceptors (Lipinski definition) is 2. The predicted octanol–water partition coefficient (Wildman–Crippen LogP) is 4.84. The highest BCUT2D eigenvalue weighted by atomic mass is 79.9. The quantitative estimate of drug-likeness (QED) is 0.801. The second kappa shape index (κ2) is 6.07. The lowest BCUT2D eigenvalue weighted by molar-refractivity contribution is 0.439. The molecule has 0 bridgehead atoms. The molecule has 0 saturated carbocycles. The summed E-state index contributed by atoms with van der Waals surface area (Å²) in [6, 6.07) is 4.51. The minimum absolute atomic E-state index is 0.321. The van der Waals surface area contributed by atoms with Crippen molar-refractivity contribution in [3.05, 3.63) is 56.7 Å².